The zero-order chi connectivity index (χ0) is 17.7. The fourth-order valence-electron chi connectivity index (χ4n) is 2.95. The summed E-state index contributed by atoms with van der Waals surface area (Å²) in [6.07, 6.45) is 2.24. The Bertz CT molecular complexity index is 617. The number of aromatic nitrogens is 3. The van der Waals surface area contributed by atoms with Crippen LogP contribution in [0, 0.1) is 5.92 Å². The van der Waals surface area contributed by atoms with Crippen molar-refractivity contribution >= 4 is 11.9 Å². The predicted molar refractivity (Wildman–Crippen MR) is 89.3 cm³/mol. The molecule has 1 saturated heterocycles. The fraction of sp³-hybridized carbons (Fsp3) is 0.733. The number of rotatable bonds is 5. The largest absolute Gasteiger partial charge is 0.396 e. The number of aliphatic hydroxyl groups excluding tert-OH is 1. The van der Waals surface area contributed by atoms with E-state index in [0.29, 0.717) is 13.1 Å². The molecule has 2 atom stereocenters. The Balaban J connectivity index is 2.01. The van der Waals surface area contributed by atoms with Gasteiger partial charge in [-0.25, -0.2) is 0 Å². The number of carbonyl (C=O) groups excluding carboxylic acids is 1. The lowest BCUT2D eigenvalue weighted by atomic mass is 10.0. The molecule has 1 aliphatic rings. The molecule has 24 heavy (non-hydrogen) atoms. The number of likely N-dealkylation sites (N-methyl/N-ethyl adjacent to an activating group) is 1. The van der Waals surface area contributed by atoms with E-state index < -0.39 is 5.56 Å². The molecule has 4 N–H and O–H groups in total. The Kier molecular flexibility index (Phi) is 6.27. The number of nitrogens with one attached hydrogen (secondary N) is 1. The van der Waals surface area contributed by atoms with Crippen molar-refractivity contribution in [3.8, 4) is 0 Å². The third kappa shape index (κ3) is 4.75. The number of aryl methyl sites for hydroxylation is 1. The van der Waals surface area contributed by atoms with Crippen LogP contribution in [-0.2, 0) is 11.2 Å². The lowest BCUT2D eigenvalue weighted by Crippen LogP contribution is -2.43. The highest BCUT2D eigenvalue weighted by Gasteiger charge is 2.27. The van der Waals surface area contributed by atoms with Gasteiger partial charge < -0.3 is 20.6 Å². The Morgan fingerprint density at radius 3 is 2.75 bits per heavy atom. The van der Waals surface area contributed by atoms with E-state index in [1.54, 1.807) is 4.90 Å². The number of hydrogen-bond donors (Lipinski definition) is 3. The van der Waals surface area contributed by atoms with Crippen LogP contribution in [0.4, 0.5) is 5.95 Å². The molecule has 1 aliphatic heterocycles. The third-order valence-corrected chi connectivity index (χ3v) is 4.52. The summed E-state index contributed by atoms with van der Waals surface area (Å²) in [6, 6.07) is 0.269. The SMILES string of the molecule is CN(C)[C@@H]1CC[C@H](CO)CN(C(=O)CCc2nnc(N)[nH]c2=O)C1. The van der Waals surface area contributed by atoms with Crippen molar-refractivity contribution in [1.82, 2.24) is 25.0 Å². The minimum atomic E-state index is -0.412. The number of hydrogen-bond acceptors (Lipinski definition) is 7. The molecule has 0 bridgehead atoms. The summed E-state index contributed by atoms with van der Waals surface area (Å²) >= 11 is 0. The van der Waals surface area contributed by atoms with E-state index in [9.17, 15) is 14.7 Å². The Hall–Kier alpha value is -2.00. The average Bonchev–Trinajstić information content (AvgIpc) is 2.76. The first-order chi connectivity index (χ1) is 11.4. The van der Waals surface area contributed by atoms with Crippen molar-refractivity contribution in [3.05, 3.63) is 16.0 Å². The molecule has 134 valence electrons. The van der Waals surface area contributed by atoms with Crippen LogP contribution < -0.4 is 11.3 Å². The van der Waals surface area contributed by atoms with Crippen molar-refractivity contribution in [2.45, 2.75) is 31.7 Å². The summed E-state index contributed by atoms with van der Waals surface area (Å²) in [5, 5.41) is 16.8. The standard InChI is InChI=1S/C15H26N6O3/c1-20(2)11-4-3-10(9-22)7-21(8-11)13(23)6-5-12-14(24)17-15(16)19-18-12/h10-11,22H,3-9H2,1-2H3,(H3,16,17,19,24)/t10-,11+/m0/s1. The lowest BCUT2D eigenvalue weighted by Gasteiger charge is -2.29. The number of anilines is 1. The highest BCUT2D eigenvalue weighted by Crippen LogP contribution is 2.19. The van der Waals surface area contributed by atoms with E-state index in [1.165, 1.54) is 0 Å². The van der Waals surface area contributed by atoms with Gasteiger partial charge in [0.15, 0.2) is 0 Å². The van der Waals surface area contributed by atoms with Gasteiger partial charge in [0.25, 0.3) is 5.56 Å². The molecule has 0 aromatic carbocycles. The van der Waals surface area contributed by atoms with Crippen LogP contribution in [0.1, 0.15) is 25.0 Å². The molecule has 1 aromatic heterocycles. The molecular weight excluding hydrogens is 312 g/mol. The molecule has 2 rings (SSSR count). The summed E-state index contributed by atoms with van der Waals surface area (Å²) in [7, 11) is 3.99. The van der Waals surface area contributed by atoms with Crippen LogP contribution in [-0.4, -0.2) is 75.8 Å². The van der Waals surface area contributed by atoms with Gasteiger partial charge in [-0.05, 0) is 32.9 Å². The molecular formula is C15H26N6O3. The van der Waals surface area contributed by atoms with Gasteiger partial charge >= 0.3 is 0 Å². The number of nitrogens with zero attached hydrogens (tertiary/aromatic N) is 4. The minimum absolute atomic E-state index is 0.0396. The van der Waals surface area contributed by atoms with Gasteiger partial charge in [0.1, 0.15) is 5.69 Å². The van der Waals surface area contributed by atoms with E-state index in [-0.39, 0.29) is 49.0 Å². The second kappa shape index (κ2) is 8.20. The zero-order valence-electron chi connectivity index (χ0n) is 14.2. The normalized spacial score (nSPS) is 21.8. The molecule has 1 amide bonds. The highest BCUT2D eigenvalue weighted by atomic mass is 16.3. The van der Waals surface area contributed by atoms with Gasteiger partial charge in [0.05, 0.1) is 0 Å². The number of likely N-dealkylation sites (tertiary alicyclic amines) is 1. The number of aromatic amines is 1. The molecule has 0 spiro atoms. The topological polar surface area (TPSA) is 128 Å². The fourth-order valence-corrected chi connectivity index (χ4v) is 2.95. The maximum atomic E-state index is 12.6. The van der Waals surface area contributed by atoms with Crippen LogP contribution >= 0.6 is 0 Å². The van der Waals surface area contributed by atoms with Crippen LogP contribution in [0.25, 0.3) is 0 Å². The van der Waals surface area contributed by atoms with Crippen LogP contribution in [0.2, 0.25) is 0 Å². The molecule has 0 unspecified atom stereocenters. The molecule has 0 saturated carbocycles. The van der Waals surface area contributed by atoms with Crippen LogP contribution in [0.15, 0.2) is 4.79 Å². The van der Waals surface area contributed by atoms with E-state index >= 15 is 0 Å². The first kappa shape index (κ1) is 18.3. The van der Waals surface area contributed by atoms with Crippen molar-refractivity contribution in [2.24, 2.45) is 5.92 Å². The van der Waals surface area contributed by atoms with E-state index in [4.69, 9.17) is 5.73 Å². The number of nitrogen functional groups attached to an aromatic ring is 1. The van der Waals surface area contributed by atoms with E-state index in [2.05, 4.69) is 20.1 Å². The Morgan fingerprint density at radius 2 is 2.12 bits per heavy atom. The van der Waals surface area contributed by atoms with Crippen molar-refractivity contribution in [1.29, 1.82) is 0 Å². The molecule has 1 fully saturated rings. The van der Waals surface area contributed by atoms with Gasteiger partial charge in [-0.15, -0.1) is 10.2 Å². The summed E-state index contributed by atoms with van der Waals surface area (Å²) in [6.45, 7) is 1.25. The monoisotopic (exact) mass is 338 g/mol. The summed E-state index contributed by atoms with van der Waals surface area (Å²) in [5.74, 6) is 0.0149. The molecule has 1 aromatic rings. The number of carbonyl (C=O) groups is 1. The number of nitrogens with two attached hydrogens (primary N) is 1. The minimum Gasteiger partial charge on any atom is -0.396 e. The van der Waals surface area contributed by atoms with Crippen molar-refractivity contribution in [2.75, 3.05) is 39.5 Å². The second-order valence-corrected chi connectivity index (χ2v) is 6.53. The van der Waals surface area contributed by atoms with Gasteiger partial charge in [-0.3, -0.25) is 14.6 Å². The van der Waals surface area contributed by atoms with Crippen LogP contribution in [0.5, 0.6) is 0 Å². The second-order valence-electron chi connectivity index (χ2n) is 6.53. The van der Waals surface area contributed by atoms with Crippen molar-refractivity contribution in [3.63, 3.8) is 0 Å². The van der Waals surface area contributed by atoms with Crippen LogP contribution in [0.3, 0.4) is 0 Å². The van der Waals surface area contributed by atoms with Crippen molar-refractivity contribution < 1.29 is 9.90 Å². The first-order valence-corrected chi connectivity index (χ1v) is 8.17. The predicted octanol–water partition coefficient (Wildman–Crippen LogP) is -1.16. The summed E-state index contributed by atoms with van der Waals surface area (Å²) in [4.78, 5) is 30.6. The average molecular weight is 338 g/mol. The third-order valence-electron chi connectivity index (χ3n) is 4.52. The lowest BCUT2D eigenvalue weighted by molar-refractivity contribution is -0.132. The van der Waals surface area contributed by atoms with Gasteiger partial charge in [-0.1, -0.05) is 0 Å². The molecule has 9 nitrogen and oxygen atoms in total. The quantitative estimate of drug-likeness (QED) is 0.618. The molecule has 9 heteroatoms. The molecule has 2 heterocycles. The summed E-state index contributed by atoms with van der Waals surface area (Å²) < 4.78 is 0. The number of aliphatic hydroxyl groups is 1. The Morgan fingerprint density at radius 1 is 1.38 bits per heavy atom. The van der Waals surface area contributed by atoms with Gasteiger partial charge in [0.2, 0.25) is 11.9 Å². The molecule has 0 radical (unpaired) electrons. The van der Waals surface area contributed by atoms with Gasteiger partial charge in [0, 0.05) is 38.6 Å². The zero-order valence-corrected chi connectivity index (χ0v) is 14.2. The Labute approximate surface area is 140 Å². The number of H-pyrrole nitrogens is 1. The highest BCUT2D eigenvalue weighted by molar-refractivity contribution is 5.76. The number of amides is 1. The maximum Gasteiger partial charge on any atom is 0.274 e. The smallest absolute Gasteiger partial charge is 0.274 e. The van der Waals surface area contributed by atoms with Gasteiger partial charge in [-0.2, -0.15) is 0 Å². The maximum absolute atomic E-state index is 12.6. The first-order valence-electron chi connectivity index (χ1n) is 8.17. The van der Waals surface area contributed by atoms with E-state index in [0.717, 1.165) is 12.8 Å². The van der Waals surface area contributed by atoms with E-state index in [1.807, 2.05) is 14.1 Å². The molecule has 0 aliphatic carbocycles. The summed E-state index contributed by atoms with van der Waals surface area (Å²) in [5.41, 5.74) is 5.15.